The number of para-hydroxylation sites is 3. The van der Waals surface area contributed by atoms with Crippen LogP contribution in [0.5, 0.6) is 0 Å². The van der Waals surface area contributed by atoms with Crippen LogP contribution in [0.2, 0.25) is 0 Å². The van der Waals surface area contributed by atoms with Crippen LogP contribution in [0, 0.1) is 23.7 Å². The van der Waals surface area contributed by atoms with Crippen LogP contribution in [0.25, 0.3) is 55.6 Å². The van der Waals surface area contributed by atoms with Crippen LogP contribution in [0.3, 0.4) is 0 Å². The SMILES string of the molecule is CC1(C)c2ccccc2-c2cc(N(c3ccccc3)c3cc4c(cc3-c3ccc(C5C6CC7CC(C6)CC5C7)cc3)-c3ccccc3C43c4ccccc4-c4cc(-c5ccccc5)c(N(c5ccccc5)c5ccccc5)cc43)ccc21. The Hall–Kier alpha value is -8.98. The zero-order chi connectivity index (χ0) is 54.3. The summed E-state index contributed by atoms with van der Waals surface area (Å²) in [5.74, 6) is 4.21. The van der Waals surface area contributed by atoms with E-state index in [-0.39, 0.29) is 5.41 Å². The van der Waals surface area contributed by atoms with E-state index in [4.69, 9.17) is 0 Å². The van der Waals surface area contributed by atoms with Gasteiger partial charge in [0.25, 0.3) is 0 Å². The molecular formula is C80H64N2. The zero-order valence-corrected chi connectivity index (χ0v) is 46.6. The molecule has 18 rings (SSSR count). The Labute approximate surface area is 483 Å². The monoisotopic (exact) mass is 1050 g/mol. The number of benzene rings is 11. The van der Waals surface area contributed by atoms with E-state index in [1.807, 2.05) is 0 Å². The van der Waals surface area contributed by atoms with Crippen molar-refractivity contribution in [1.29, 1.82) is 0 Å². The summed E-state index contributed by atoms with van der Waals surface area (Å²) >= 11 is 0. The van der Waals surface area contributed by atoms with Crippen LogP contribution >= 0.6 is 0 Å². The van der Waals surface area contributed by atoms with Gasteiger partial charge in [-0.3, -0.25) is 0 Å². The first-order valence-corrected chi connectivity index (χ1v) is 30.1. The quantitative estimate of drug-likeness (QED) is 0.142. The van der Waals surface area contributed by atoms with Gasteiger partial charge in [0, 0.05) is 39.3 Å². The second-order valence-electron chi connectivity index (χ2n) is 25.2. The van der Waals surface area contributed by atoms with Gasteiger partial charge in [0.2, 0.25) is 0 Å². The van der Waals surface area contributed by atoms with E-state index in [9.17, 15) is 0 Å². The largest absolute Gasteiger partial charge is 0.310 e. The molecular weight excluding hydrogens is 989 g/mol. The number of hydrogen-bond donors (Lipinski definition) is 0. The zero-order valence-electron chi connectivity index (χ0n) is 46.6. The Balaban J connectivity index is 0.948. The van der Waals surface area contributed by atoms with E-state index in [1.165, 1.54) is 127 Å². The van der Waals surface area contributed by atoms with Crippen molar-refractivity contribution in [3.05, 3.63) is 300 Å². The number of nitrogens with zero attached hydrogens (tertiary/aromatic N) is 2. The van der Waals surface area contributed by atoms with Crippen molar-refractivity contribution in [3.8, 4) is 55.6 Å². The normalized spacial score (nSPS) is 21.3. The summed E-state index contributed by atoms with van der Waals surface area (Å²) in [4.78, 5) is 5.07. The highest BCUT2D eigenvalue weighted by atomic mass is 15.2. The van der Waals surface area contributed by atoms with Gasteiger partial charge in [-0.15, -0.1) is 0 Å². The van der Waals surface area contributed by atoms with E-state index >= 15 is 0 Å². The maximum atomic E-state index is 2.64. The molecule has 2 nitrogen and oxygen atoms in total. The Bertz CT molecular complexity index is 4240. The Morgan fingerprint density at radius 3 is 1.18 bits per heavy atom. The van der Waals surface area contributed by atoms with Gasteiger partial charge in [-0.2, -0.15) is 0 Å². The highest BCUT2D eigenvalue weighted by Gasteiger charge is 2.53. The molecule has 2 heteroatoms. The lowest BCUT2D eigenvalue weighted by atomic mass is 9.51. The average molecular weight is 1050 g/mol. The molecule has 0 saturated heterocycles. The second-order valence-corrected chi connectivity index (χ2v) is 25.2. The van der Waals surface area contributed by atoms with E-state index in [1.54, 1.807) is 5.56 Å². The molecule has 11 aromatic carbocycles. The molecule has 0 amide bonds. The van der Waals surface area contributed by atoms with Crippen LogP contribution in [0.1, 0.15) is 90.8 Å². The molecule has 82 heavy (non-hydrogen) atoms. The highest BCUT2D eigenvalue weighted by molar-refractivity contribution is 6.03. The lowest BCUT2D eigenvalue weighted by Crippen LogP contribution is -2.43. The summed E-state index contributed by atoms with van der Waals surface area (Å²) in [6.07, 6.45) is 7.15. The molecule has 0 radical (unpaired) electrons. The Kier molecular flexibility index (Phi) is 10.6. The van der Waals surface area contributed by atoms with Crippen molar-refractivity contribution in [3.63, 3.8) is 0 Å². The van der Waals surface area contributed by atoms with Gasteiger partial charge in [0.1, 0.15) is 0 Å². The smallest absolute Gasteiger partial charge is 0.0727 e. The predicted octanol–water partition coefficient (Wildman–Crippen LogP) is 21.1. The molecule has 4 bridgehead atoms. The summed E-state index contributed by atoms with van der Waals surface area (Å²) in [5, 5.41) is 0. The fraction of sp³-hybridized carbons (Fsp3) is 0.175. The molecule has 0 N–H and O–H groups in total. The third-order valence-corrected chi connectivity index (χ3v) is 20.6. The molecule has 394 valence electrons. The summed E-state index contributed by atoms with van der Waals surface area (Å²) in [7, 11) is 0. The molecule has 1 unspecified atom stereocenters. The highest BCUT2D eigenvalue weighted by Crippen LogP contribution is 2.66. The maximum Gasteiger partial charge on any atom is 0.0727 e. The molecule has 1 spiro atoms. The topological polar surface area (TPSA) is 6.48 Å². The lowest BCUT2D eigenvalue weighted by molar-refractivity contribution is -0.00277. The van der Waals surface area contributed by atoms with E-state index < -0.39 is 5.41 Å². The Morgan fingerprint density at radius 2 is 0.683 bits per heavy atom. The van der Waals surface area contributed by atoms with Gasteiger partial charge in [0.15, 0.2) is 0 Å². The first-order valence-electron chi connectivity index (χ1n) is 30.1. The van der Waals surface area contributed by atoms with E-state index in [0.717, 1.165) is 52.1 Å². The van der Waals surface area contributed by atoms with E-state index in [2.05, 4.69) is 285 Å². The molecule has 4 fully saturated rings. The van der Waals surface area contributed by atoms with Crippen LogP contribution < -0.4 is 9.80 Å². The number of anilines is 6. The van der Waals surface area contributed by atoms with Crippen molar-refractivity contribution >= 4 is 34.1 Å². The third kappa shape index (κ3) is 7.00. The summed E-state index contributed by atoms with van der Waals surface area (Å²) in [5.41, 5.74) is 28.2. The van der Waals surface area contributed by atoms with Gasteiger partial charge in [-0.1, -0.05) is 202 Å². The average Bonchev–Trinajstić information content (AvgIpc) is 1.86. The molecule has 7 aliphatic rings. The van der Waals surface area contributed by atoms with Crippen LogP contribution in [0.15, 0.2) is 261 Å². The van der Waals surface area contributed by atoms with Crippen molar-refractivity contribution in [2.45, 2.75) is 62.7 Å². The van der Waals surface area contributed by atoms with Crippen LogP contribution in [0.4, 0.5) is 34.1 Å². The van der Waals surface area contributed by atoms with Gasteiger partial charge >= 0.3 is 0 Å². The van der Waals surface area contributed by atoms with Gasteiger partial charge in [0.05, 0.1) is 16.8 Å². The van der Waals surface area contributed by atoms with E-state index in [0.29, 0.717) is 5.92 Å². The molecule has 4 saturated carbocycles. The van der Waals surface area contributed by atoms with Crippen LogP contribution in [-0.4, -0.2) is 0 Å². The van der Waals surface area contributed by atoms with Gasteiger partial charge < -0.3 is 9.80 Å². The van der Waals surface area contributed by atoms with Gasteiger partial charge in [-0.05, 0) is 218 Å². The number of fused-ring (bicyclic) bond motifs is 13. The first-order chi connectivity index (χ1) is 40.4. The summed E-state index contributed by atoms with van der Waals surface area (Å²) in [6, 6.07) is 99.6. The number of hydrogen-bond acceptors (Lipinski definition) is 2. The minimum absolute atomic E-state index is 0.114. The Morgan fingerprint density at radius 1 is 0.293 bits per heavy atom. The standard InChI is InChI=1S/C80H64N2/c1-79(2)70-32-18-15-29-62(70)67-46-61(39-40-71(67)79)82(60-27-13-6-14-28-60)77-50-75-69(48-66(77)54-35-37-55(38-36-54)78-56-42-51-41-52(44-56)45-57(78)43-51)64-31-17-20-34-73(64)80(75)72-33-19-16-30-63(72)68-47-65(53-21-7-3-8-22-53)76(49-74(68)80)81(58-23-9-4-10-24-58)59-25-11-5-12-26-59/h3-40,46-52,56-57,78H,41-45H2,1-2H3. The molecule has 0 heterocycles. The molecule has 1 atom stereocenters. The second kappa shape index (κ2) is 18.3. The predicted molar refractivity (Wildman–Crippen MR) is 340 cm³/mol. The summed E-state index contributed by atoms with van der Waals surface area (Å²) < 4.78 is 0. The van der Waals surface area contributed by atoms with Gasteiger partial charge in [-0.25, -0.2) is 0 Å². The minimum atomic E-state index is -0.666. The van der Waals surface area contributed by atoms with Crippen molar-refractivity contribution in [2.24, 2.45) is 23.7 Å². The molecule has 11 aromatic rings. The molecule has 0 aliphatic heterocycles. The minimum Gasteiger partial charge on any atom is -0.310 e. The van der Waals surface area contributed by atoms with Crippen molar-refractivity contribution in [2.75, 3.05) is 9.80 Å². The van der Waals surface area contributed by atoms with Crippen LogP contribution in [-0.2, 0) is 10.8 Å². The fourth-order valence-electron chi connectivity index (χ4n) is 17.4. The third-order valence-electron chi connectivity index (χ3n) is 20.6. The molecule has 7 aliphatic carbocycles. The maximum absolute atomic E-state index is 2.64. The van der Waals surface area contributed by atoms with Crippen molar-refractivity contribution < 1.29 is 0 Å². The lowest BCUT2D eigenvalue weighted by Gasteiger charge is -2.54. The fourth-order valence-corrected chi connectivity index (χ4v) is 17.4. The van der Waals surface area contributed by atoms with Crippen molar-refractivity contribution in [1.82, 2.24) is 0 Å². The number of rotatable bonds is 9. The summed E-state index contributed by atoms with van der Waals surface area (Å²) in [6.45, 7) is 4.78. The molecule has 0 aromatic heterocycles. The first kappa shape index (κ1) is 47.8.